The Balaban J connectivity index is 4.30. The quantitative estimate of drug-likeness (QED) is 0.500. The lowest BCUT2D eigenvalue weighted by atomic mass is 10.2. The second-order valence-electron chi connectivity index (χ2n) is 3.28. The van der Waals surface area contributed by atoms with Crippen molar-refractivity contribution < 1.29 is 29.3 Å². The Hall–Kier alpha value is -1.83. The Morgan fingerprint density at radius 2 is 2.00 bits per heavy atom. The van der Waals surface area contributed by atoms with Gasteiger partial charge in [0, 0.05) is 20.1 Å². The van der Waals surface area contributed by atoms with Crippen LogP contribution in [-0.4, -0.2) is 66.4 Å². The predicted molar refractivity (Wildman–Crippen MR) is 56.3 cm³/mol. The molecule has 98 valence electrons. The summed E-state index contributed by atoms with van der Waals surface area (Å²) in [6.07, 6.45) is -0.104. The van der Waals surface area contributed by atoms with E-state index >= 15 is 0 Å². The van der Waals surface area contributed by atoms with Crippen molar-refractivity contribution in [3.63, 3.8) is 0 Å². The molecule has 17 heavy (non-hydrogen) atoms. The lowest BCUT2D eigenvalue weighted by molar-refractivity contribution is -0.141. The smallest absolute Gasteiger partial charge is 0.326 e. The number of hydrogen-bond donors (Lipinski definition) is 3. The van der Waals surface area contributed by atoms with Crippen LogP contribution in [0.5, 0.6) is 0 Å². The molecule has 0 saturated heterocycles. The minimum Gasteiger partial charge on any atom is -0.480 e. The number of carboxylic acids is 1. The Bertz CT molecular complexity index is 293. The molecule has 8 nitrogen and oxygen atoms in total. The maximum Gasteiger partial charge on any atom is 0.326 e. The van der Waals surface area contributed by atoms with Crippen molar-refractivity contribution in [3.8, 4) is 0 Å². The second kappa shape index (κ2) is 7.44. The summed E-state index contributed by atoms with van der Waals surface area (Å²) in [5, 5.41) is 19.5. The molecule has 0 aromatic carbocycles. The van der Waals surface area contributed by atoms with Crippen LogP contribution in [0.2, 0.25) is 0 Å². The van der Waals surface area contributed by atoms with Crippen LogP contribution in [0.15, 0.2) is 0 Å². The monoisotopic (exact) mass is 248 g/mol. The lowest BCUT2D eigenvalue weighted by Gasteiger charge is -2.19. The number of methoxy groups -OCH3 is 1. The van der Waals surface area contributed by atoms with Gasteiger partial charge in [0.25, 0.3) is 0 Å². The maximum absolute atomic E-state index is 11.4. The normalized spacial score (nSPS) is 11.5. The summed E-state index contributed by atoms with van der Waals surface area (Å²) in [5.74, 6) is -1.87. The molecule has 0 unspecified atom stereocenters. The SMILES string of the molecule is COC(=O)CN(C)C(=O)N[C@@H](CCO)C(=O)O. The van der Waals surface area contributed by atoms with Crippen LogP contribution in [-0.2, 0) is 14.3 Å². The summed E-state index contributed by atoms with van der Waals surface area (Å²) >= 11 is 0. The second-order valence-corrected chi connectivity index (χ2v) is 3.28. The Morgan fingerprint density at radius 3 is 2.41 bits per heavy atom. The predicted octanol–water partition coefficient (Wildman–Crippen LogP) is -1.36. The molecule has 1 atom stereocenters. The molecule has 0 bridgehead atoms. The number of esters is 1. The Morgan fingerprint density at radius 1 is 1.41 bits per heavy atom. The average molecular weight is 248 g/mol. The number of rotatable bonds is 6. The van der Waals surface area contributed by atoms with Crippen LogP contribution in [0.1, 0.15) is 6.42 Å². The van der Waals surface area contributed by atoms with Gasteiger partial charge in [0.1, 0.15) is 12.6 Å². The van der Waals surface area contributed by atoms with Crippen molar-refractivity contribution in [1.29, 1.82) is 0 Å². The van der Waals surface area contributed by atoms with Crippen LogP contribution < -0.4 is 5.32 Å². The molecule has 8 heteroatoms. The molecule has 0 fully saturated rings. The summed E-state index contributed by atoms with van der Waals surface area (Å²) < 4.78 is 4.35. The lowest BCUT2D eigenvalue weighted by Crippen LogP contribution is -2.48. The van der Waals surface area contributed by atoms with E-state index in [1.807, 2.05) is 0 Å². The molecule has 0 spiro atoms. The zero-order chi connectivity index (χ0) is 13.4. The van der Waals surface area contributed by atoms with E-state index in [0.29, 0.717) is 0 Å². The molecule has 0 radical (unpaired) electrons. The number of carbonyl (C=O) groups excluding carboxylic acids is 2. The number of carboxylic acid groups (broad SMARTS) is 1. The van der Waals surface area contributed by atoms with Gasteiger partial charge in [-0.2, -0.15) is 0 Å². The fourth-order valence-corrected chi connectivity index (χ4v) is 0.976. The number of aliphatic hydroxyl groups excluding tert-OH is 1. The van der Waals surface area contributed by atoms with E-state index in [0.717, 1.165) is 4.90 Å². The first-order chi connectivity index (χ1) is 7.92. The van der Waals surface area contributed by atoms with Crippen LogP contribution in [0, 0.1) is 0 Å². The van der Waals surface area contributed by atoms with Crippen molar-refractivity contribution in [2.75, 3.05) is 27.3 Å². The summed E-state index contributed by atoms with van der Waals surface area (Å²) in [4.78, 5) is 34.0. The zero-order valence-corrected chi connectivity index (χ0v) is 9.67. The van der Waals surface area contributed by atoms with Crippen molar-refractivity contribution in [2.24, 2.45) is 0 Å². The first-order valence-electron chi connectivity index (χ1n) is 4.84. The molecular weight excluding hydrogens is 232 g/mol. The highest BCUT2D eigenvalue weighted by atomic mass is 16.5. The number of aliphatic carboxylic acids is 1. The standard InChI is InChI=1S/C9H16N2O6/c1-11(5-7(13)17-2)9(16)10-6(3-4-12)8(14)15/h6,12H,3-5H2,1-2H3,(H,10,16)(H,14,15)/t6-/m0/s1. The number of carbonyl (C=O) groups is 3. The van der Waals surface area contributed by atoms with Crippen molar-refractivity contribution in [1.82, 2.24) is 10.2 Å². The van der Waals surface area contributed by atoms with Gasteiger partial charge in [-0.1, -0.05) is 0 Å². The number of urea groups is 1. The molecule has 0 aliphatic heterocycles. The van der Waals surface area contributed by atoms with Gasteiger partial charge in [0.05, 0.1) is 7.11 Å². The highest BCUT2D eigenvalue weighted by Gasteiger charge is 2.22. The third-order valence-electron chi connectivity index (χ3n) is 1.95. The van der Waals surface area contributed by atoms with Gasteiger partial charge in [-0.15, -0.1) is 0 Å². The van der Waals surface area contributed by atoms with Crippen molar-refractivity contribution >= 4 is 18.0 Å². The Labute approximate surface area is 98.2 Å². The molecule has 0 rings (SSSR count). The number of ether oxygens (including phenoxy) is 1. The van der Waals surface area contributed by atoms with Crippen molar-refractivity contribution in [2.45, 2.75) is 12.5 Å². The minimum absolute atomic E-state index is 0.104. The van der Waals surface area contributed by atoms with Gasteiger partial charge < -0.3 is 25.2 Å². The van der Waals surface area contributed by atoms with Gasteiger partial charge in [-0.05, 0) is 0 Å². The first-order valence-corrected chi connectivity index (χ1v) is 4.84. The number of likely N-dealkylation sites (N-methyl/N-ethyl adjacent to an activating group) is 1. The molecular formula is C9H16N2O6. The highest BCUT2D eigenvalue weighted by Crippen LogP contribution is 1.94. The highest BCUT2D eigenvalue weighted by molar-refractivity contribution is 5.84. The molecule has 0 aromatic rings. The van der Waals surface area contributed by atoms with E-state index in [1.165, 1.54) is 14.2 Å². The zero-order valence-electron chi connectivity index (χ0n) is 9.67. The van der Waals surface area contributed by atoms with Crippen LogP contribution in [0.4, 0.5) is 4.79 Å². The maximum atomic E-state index is 11.4. The molecule has 0 aliphatic carbocycles. The first kappa shape index (κ1) is 15.2. The van der Waals surface area contributed by atoms with Gasteiger partial charge in [0.15, 0.2) is 0 Å². The van der Waals surface area contributed by atoms with E-state index in [4.69, 9.17) is 10.2 Å². The molecule has 0 aliphatic rings. The number of aliphatic hydroxyl groups is 1. The van der Waals surface area contributed by atoms with E-state index in [9.17, 15) is 14.4 Å². The molecule has 2 amide bonds. The van der Waals surface area contributed by atoms with E-state index in [2.05, 4.69) is 10.1 Å². The fourth-order valence-electron chi connectivity index (χ4n) is 0.976. The number of amides is 2. The van der Waals surface area contributed by atoms with Gasteiger partial charge >= 0.3 is 18.0 Å². The van der Waals surface area contributed by atoms with Crippen LogP contribution in [0.3, 0.4) is 0 Å². The molecule has 0 aromatic heterocycles. The van der Waals surface area contributed by atoms with E-state index in [-0.39, 0.29) is 19.6 Å². The number of nitrogens with zero attached hydrogens (tertiary/aromatic N) is 1. The van der Waals surface area contributed by atoms with E-state index in [1.54, 1.807) is 0 Å². The number of nitrogens with one attached hydrogen (secondary N) is 1. The molecule has 0 saturated carbocycles. The van der Waals surface area contributed by atoms with Gasteiger partial charge in [-0.3, -0.25) is 4.79 Å². The third kappa shape index (κ3) is 5.71. The minimum atomic E-state index is -1.25. The van der Waals surface area contributed by atoms with E-state index < -0.39 is 24.0 Å². The molecule has 3 N–H and O–H groups in total. The van der Waals surface area contributed by atoms with Crippen LogP contribution in [0.25, 0.3) is 0 Å². The average Bonchev–Trinajstić information content (AvgIpc) is 2.27. The van der Waals surface area contributed by atoms with Gasteiger partial charge in [0.2, 0.25) is 0 Å². The van der Waals surface area contributed by atoms with Crippen LogP contribution >= 0.6 is 0 Å². The third-order valence-corrected chi connectivity index (χ3v) is 1.95. The number of hydrogen-bond acceptors (Lipinski definition) is 5. The summed E-state index contributed by atoms with van der Waals surface area (Å²) in [7, 11) is 2.50. The van der Waals surface area contributed by atoms with Gasteiger partial charge in [-0.25, -0.2) is 9.59 Å². The Kier molecular flexibility index (Phi) is 6.64. The topological polar surface area (TPSA) is 116 Å². The summed E-state index contributed by atoms with van der Waals surface area (Å²) in [6, 6.07) is -1.91. The summed E-state index contributed by atoms with van der Waals surface area (Å²) in [6.45, 7) is -0.647. The van der Waals surface area contributed by atoms with Crippen molar-refractivity contribution in [3.05, 3.63) is 0 Å². The molecule has 0 heterocycles. The largest absolute Gasteiger partial charge is 0.480 e. The fraction of sp³-hybridized carbons (Fsp3) is 0.667. The summed E-state index contributed by atoms with van der Waals surface area (Å²) in [5.41, 5.74) is 0.